The topological polar surface area (TPSA) is 95.9 Å². The normalized spacial score (nSPS) is 34.6. The average Bonchev–Trinajstić information content (AvgIpc) is 2.52. The summed E-state index contributed by atoms with van der Waals surface area (Å²) in [7, 11) is 1.15. The van der Waals surface area contributed by atoms with Crippen molar-refractivity contribution in [1.82, 2.24) is 5.32 Å². The van der Waals surface area contributed by atoms with Crippen LogP contribution in [0.1, 0.15) is 20.8 Å². The Morgan fingerprint density at radius 1 is 1.53 bits per heavy atom. The molecule has 1 fully saturated rings. The number of hydrogen-bond donors (Lipinski definition) is 3. The standard InChI is InChI=1S/C11H19NO5/c1-5(2)7(13)11(10(16)17-4)8(14)6(3)9(15)12-11/h5-8,13-14H,1-4H3,(H,12,15)/t6-,7-,8-,11+/m0/s1. The van der Waals surface area contributed by atoms with Crippen LogP contribution < -0.4 is 5.32 Å². The molecule has 1 saturated heterocycles. The first-order valence-electron chi connectivity index (χ1n) is 5.55. The number of aliphatic hydroxyl groups excluding tert-OH is 2. The molecule has 1 heterocycles. The van der Waals surface area contributed by atoms with Gasteiger partial charge in [-0.15, -0.1) is 0 Å². The first-order chi connectivity index (χ1) is 7.78. The number of carbonyl (C=O) groups is 2. The molecule has 4 atom stereocenters. The van der Waals surface area contributed by atoms with Gasteiger partial charge < -0.3 is 20.3 Å². The summed E-state index contributed by atoms with van der Waals surface area (Å²) in [6, 6.07) is 0. The van der Waals surface area contributed by atoms with E-state index >= 15 is 0 Å². The summed E-state index contributed by atoms with van der Waals surface area (Å²) in [5.74, 6) is -2.37. The third kappa shape index (κ3) is 1.91. The van der Waals surface area contributed by atoms with Crippen molar-refractivity contribution in [2.24, 2.45) is 11.8 Å². The molecule has 1 amide bonds. The molecule has 0 bridgehead atoms. The highest BCUT2D eigenvalue weighted by molar-refractivity contribution is 5.95. The number of carbonyl (C=O) groups excluding carboxylic acids is 2. The summed E-state index contributed by atoms with van der Waals surface area (Å²) in [4.78, 5) is 23.4. The minimum Gasteiger partial charge on any atom is -0.467 e. The van der Waals surface area contributed by atoms with E-state index in [-0.39, 0.29) is 5.92 Å². The first-order valence-corrected chi connectivity index (χ1v) is 5.55. The van der Waals surface area contributed by atoms with E-state index in [4.69, 9.17) is 0 Å². The molecular formula is C11H19NO5. The van der Waals surface area contributed by atoms with Crippen molar-refractivity contribution in [2.75, 3.05) is 7.11 Å². The van der Waals surface area contributed by atoms with Crippen LogP contribution in [0.2, 0.25) is 0 Å². The lowest BCUT2D eigenvalue weighted by Crippen LogP contribution is -2.65. The molecule has 1 rings (SSSR count). The number of rotatable bonds is 3. The SMILES string of the molecule is COC(=O)[C@]1([C@@H](O)C(C)C)NC(=O)[C@@H](C)[C@@H]1O. The predicted octanol–water partition coefficient (Wildman–Crippen LogP) is -0.958. The highest BCUT2D eigenvalue weighted by Gasteiger charge is 2.61. The zero-order valence-electron chi connectivity index (χ0n) is 10.4. The van der Waals surface area contributed by atoms with E-state index in [1.807, 2.05) is 0 Å². The van der Waals surface area contributed by atoms with Gasteiger partial charge in [0.2, 0.25) is 5.91 Å². The van der Waals surface area contributed by atoms with Gasteiger partial charge in [0, 0.05) is 0 Å². The first kappa shape index (κ1) is 13.9. The van der Waals surface area contributed by atoms with Crippen molar-refractivity contribution in [3.8, 4) is 0 Å². The molecule has 0 aliphatic carbocycles. The predicted molar refractivity (Wildman–Crippen MR) is 58.9 cm³/mol. The number of hydrogen-bond acceptors (Lipinski definition) is 5. The van der Waals surface area contributed by atoms with E-state index in [2.05, 4.69) is 10.1 Å². The van der Waals surface area contributed by atoms with Crippen LogP contribution in [0.4, 0.5) is 0 Å². The third-order valence-electron chi connectivity index (χ3n) is 3.30. The zero-order valence-corrected chi connectivity index (χ0v) is 10.4. The lowest BCUT2D eigenvalue weighted by molar-refractivity contribution is -0.162. The van der Waals surface area contributed by atoms with Gasteiger partial charge in [-0.25, -0.2) is 4.79 Å². The number of aliphatic hydroxyl groups is 2. The molecular weight excluding hydrogens is 226 g/mol. The van der Waals surface area contributed by atoms with E-state index < -0.39 is 35.5 Å². The highest BCUT2D eigenvalue weighted by atomic mass is 16.5. The molecule has 1 aliphatic heterocycles. The van der Waals surface area contributed by atoms with Crippen LogP contribution in [0.3, 0.4) is 0 Å². The Morgan fingerprint density at radius 3 is 2.35 bits per heavy atom. The van der Waals surface area contributed by atoms with Crippen molar-refractivity contribution in [3.63, 3.8) is 0 Å². The van der Waals surface area contributed by atoms with Crippen LogP contribution in [0, 0.1) is 11.8 Å². The van der Waals surface area contributed by atoms with Crippen LogP contribution in [0.25, 0.3) is 0 Å². The monoisotopic (exact) mass is 245 g/mol. The summed E-state index contributed by atoms with van der Waals surface area (Å²) in [5.41, 5.74) is -1.76. The molecule has 3 N–H and O–H groups in total. The fourth-order valence-corrected chi connectivity index (χ4v) is 2.17. The number of esters is 1. The molecule has 0 saturated carbocycles. The van der Waals surface area contributed by atoms with Crippen LogP contribution in [0.5, 0.6) is 0 Å². The molecule has 0 aromatic heterocycles. The molecule has 17 heavy (non-hydrogen) atoms. The summed E-state index contributed by atoms with van der Waals surface area (Å²) in [6.07, 6.45) is -2.52. The Hall–Kier alpha value is -1.14. The number of nitrogens with one attached hydrogen (secondary N) is 1. The van der Waals surface area contributed by atoms with Gasteiger partial charge in [-0.2, -0.15) is 0 Å². The van der Waals surface area contributed by atoms with E-state index in [1.165, 1.54) is 6.92 Å². The van der Waals surface area contributed by atoms with Crippen molar-refractivity contribution in [1.29, 1.82) is 0 Å². The molecule has 0 unspecified atom stereocenters. The van der Waals surface area contributed by atoms with Gasteiger partial charge in [-0.1, -0.05) is 20.8 Å². The quantitative estimate of drug-likeness (QED) is 0.557. The maximum absolute atomic E-state index is 11.8. The Labute approximate surface area is 100.0 Å². The molecule has 98 valence electrons. The average molecular weight is 245 g/mol. The third-order valence-corrected chi connectivity index (χ3v) is 3.30. The summed E-state index contributed by atoms with van der Waals surface area (Å²) < 4.78 is 4.60. The van der Waals surface area contributed by atoms with Crippen molar-refractivity contribution < 1.29 is 24.5 Å². The lowest BCUT2D eigenvalue weighted by Gasteiger charge is -2.36. The Balaban J connectivity index is 3.21. The van der Waals surface area contributed by atoms with E-state index in [0.29, 0.717) is 0 Å². The molecule has 0 aromatic rings. The fraction of sp³-hybridized carbons (Fsp3) is 0.818. The Kier molecular flexibility index (Phi) is 3.78. The minimum absolute atomic E-state index is 0.311. The number of ether oxygens (including phenoxy) is 1. The number of amides is 1. The smallest absolute Gasteiger partial charge is 0.337 e. The number of methoxy groups -OCH3 is 1. The highest BCUT2D eigenvalue weighted by Crippen LogP contribution is 2.33. The van der Waals surface area contributed by atoms with Gasteiger partial charge in [0.05, 0.1) is 19.1 Å². The summed E-state index contributed by atoms with van der Waals surface area (Å²) in [5, 5.41) is 22.5. The minimum atomic E-state index is -1.76. The van der Waals surface area contributed by atoms with Crippen LogP contribution in [-0.4, -0.2) is 46.9 Å². The van der Waals surface area contributed by atoms with Crippen LogP contribution in [0.15, 0.2) is 0 Å². The van der Waals surface area contributed by atoms with Gasteiger partial charge in [0.25, 0.3) is 0 Å². The summed E-state index contributed by atoms with van der Waals surface area (Å²) >= 11 is 0. The van der Waals surface area contributed by atoms with Gasteiger partial charge >= 0.3 is 5.97 Å². The molecule has 0 radical (unpaired) electrons. The van der Waals surface area contributed by atoms with Crippen LogP contribution in [-0.2, 0) is 14.3 Å². The summed E-state index contributed by atoms with van der Waals surface area (Å²) in [6.45, 7) is 4.88. The molecule has 1 aliphatic rings. The second kappa shape index (κ2) is 4.62. The maximum Gasteiger partial charge on any atom is 0.337 e. The Bertz CT molecular complexity index is 330. The Morgan fingerprint density at radius 2 is 2.06 bits per heavy atom. The molecule has 0 spiro atoms. The van der Waals surface area contributed by atoms with E-state index in [9.17, 15) is 19.8 Å². The zero-order chi connectivity index (χ0) is 13.4. The molecule has 0 aromatic carbocycles. The van der Waals surface area contributed by atoms with Crippen molar-refractivity contribution >= 4 is 11.9 Å². The second-order valence-corrected chi connectivity index (χ2v) is 4.77. The largest absolute Gasteiger partial charge is 0.467 e. The van der Waals surface area contributed by atoms with Gasteiger partial charge in [-0.3, -0.25) is 4.79 Å². The van der Waals surface area contributed by atoms with Crippen molar-refractivity contribution in [3.05, 3.63) is 0 Å². The van der Waals surface area contributed by atoms with Gasteiger partial charge in [0.1, 0.15) is 6.10 Å². The van der Waals surface area contributed by atoms with Crippen molar-refractivity contribution in [2.45, 2.75) is 38.5 Å². The van der Waals surface area contributed by atoms with E-state index in [1.54, 1.807) is 13.8 Å². The lowest BCUT2D eigenvalue weighted by atomic mass is 9.80. The second-order valence-electron chi connectivity index (χ2n) is 4.77. The van der Waals surface area contributed by atoms with Gasteiger partial charge in [0.15, 0.2) is 5.54 Å². The fourth-order valence-electron chi connectivity index (χ4n) is 2.17. The maximum atomic E-state index is 11.8. The van der Waals surface area contributed by atoms with Gasteiger partial charge in [-0.05, 0) is 5.92 Å². The van der Waals surface area contributed by atoms with E-state index in [0.717, 1.165) is 7.11 Å². The molecule has 6 nitrogen and oxygen atoms in total. The van der Waals surface area contributed by atoms with Crippen LogP contribution >= 0.6 is 0 Å². The molecule has 6 heteroatoms.